The Bertz CT molecular complexity index is 615. The van der Waals surface area contributed by atoms with E-state index in [-0.39, 0.29) is 5.02 Å². The van der Waals surface area contributed by atoms with Gasteiger partial charge in [0.15, 0.2) is 4.77 Å². The zero-order valence-corrected chi connectivity index (χ0v) is 12.0. The minimum atomic E-state index is -0.422. The Hall–Kier alpha value is -0.870. The van der Waals surface area contributed by atoms with Crippen LogP contribution in [0, 0.1) is 16.5 Å². The van der Waals surface area contributed by atoms with Gasteiger partial charge >= 0.3 is 0 Å². The fourth-order valence-corrected chi connectivity index (χ4v) is 2.49. The molecule has 0 atom stereocenters. The Kier molecular flexibility index (Phi) is 4.07. The number of fused-ring (bicyclic) bond motifs is 1. The van der Waals surface area contributed by atoms with E-state index in [0.29, 0.717) is 16.2 Å². The van der Waals surface area contributed by atoms with Gasteiger partial charge in [0.2, 0.25) is 0 Å². The van der Waals surface area contributed by atoms with E-state index < -0.39 is 5.82 Å². The number of hydrogen-bond donors (Lipinski definition) is 1. The van der Waals surface area contributed by atoms with Crippen LogP contribution in [0.3, 0.4) is 0 Å². The second kappa shape index (κ2) is 5.41. The van der Waals surface area contributed by atoms with E-state index in [4.69, 9.17) is 23.8 Å². The summed E-state index contributed by atoms with van der Waals surface area (Å²) in [4.78, 5) is 3.01. The molecule has 0 aliphatic carbocycles. The highest BCUT2D eigenvalue weighted by Gasteiger charge is 2.09. The van der Waals surface area contributed by atoms with E-state index in [1.165, 1.54) is 6.07 Å². The predicted octanol–water partition coefficient (Wildman–Crippen LogP) is 4.93. The number of rotatable bonds is 4. The van der Waals surface area contributed by atoms with Crippen molar-refractivity contribution in [1.82, 2.24) is 9.55 Å². The second-order valence-electron chi connectivity index (χ2n) is 4.90. The Morgan fingerprint density at radius 3 is 2.83 bits per heavy atom. The van der Waals surface area contributed by atoms with Crippen molar-refractivity contribution in [2.45, 2.75) is 33.2 Å². The Labute approximate surface area is 116 Å². The van der Waals surface area contributed by atoms with Crippen LogP contribution in [0.25, 0.3) is 11.0 Å². The number of nitrogens with zero attached hydrogens (tertiary/aromatic N) is 1. The molecule has 0 saturated carbocycles. The normalized spacial score (nSPS) is 11.6. The van der Waals surface area contributed by atoms with Crippen LogP contribution in [0.5, 0.6) is 0 Å². The first kappa shape index (κ1) is 13.6. The minimum absolute atomic E-state index is 0.133. The quantitative estimate of drug-likeness (QED) is 0.791. The van der Waals surface area contributed by atoms with Gasteiger partial charge in [0.05, 0.1) is 16.1 Å². The maximum Gasteiger partial charge on any atom is 0.178 e. The summed E-state index contributed by atoms with van der Waals surface area (Å²) in [5.74, 6) is 0.250. The lowest BCUT2D eigenvalue weighted by atomic mass is 10.1. The molecule has 0 saturated heterocycles. The van der Waals surface area contributed by atoms with Gasteiger partial charge in [-0.2, -0.15) is 0 Å². The van der Waals surface area contributed by atoms with Gasteiger partial charge in [-0.15, -0.1) is 0 Å². The molecule has 0 radical (unpaired) electrons. The molecule has 2 aromatic rings. The van der Waals surface area contributed by atoms with Gasteiger partial charge in [0.25, 0.3) is 0 Å². The average Bonchev–Trinajstić information content (AvgIpc) is 2.56. The van der Waals surface area contributed by atoms with Crippen LogP contribution < -0.4 is 0 Å². The summed E-state index contributed by atoms with van der Waals surface area (Å²) < 4.78 is 16.0. The zero-order valence-electron chi connectivity index (χ0n) is 10.5. The number of benzene rings is 1. The molecule has 2 rings (SSSR count). The zero-order chi connectivity index (χ0) is 13.3. The maximum atomic E-state index is 13.4. The smallest absolute Gasteiger partial charge is 0.178 e. The number of aromatic amines is 1. The lowest BCUT2D eigenvalue weighted by molar-refractivity contribution is 0.515. The number of halogens is 2. The Balaban J connectivity index is 2.35. The van der Waals surface area contributed by atoms with Crippen LogP contribution in [0.1, 0.15) is 26.7 Å². The summed E-state index contributed by atoms with van der Waals surface area (Å²) in [5, 5.41) is 0.133. The molecule has 1 aromatic heterocycles. The summed E-state index contributed by atoms with van der Waals surface area (Å²) in [7, 11) is 0. The second-order valence-corrected chi connectivity index (χ2v) is 5.70. The number of aryl methyl sites for hydroxylation is 1. The summed E-state index contributed by atoms with van der Waals surface area (Å²) in [5.41, 5.74) is 1.57. The third kappa shape index (κ3) is 2.75. The van der Waals surface area contributed by atoms with Gasteiger partial charge < -0.3 is 9.55 Å². The first-order valence-corrected chi connectivity index (χ1v) is 6.85. The number of nitrogens with one attached hydrogen (secondary N) is 1. The van der Waals surface area contributed by atoms with Crippen molar-refractivity contribution in [2.75, 3.05) is 0 Å². The van der Waals surface area contributed by atoms with E-state index in [0.717, 1.165) is 24.9 Å². The van der Waals surface area contributed by atoms with Crippen LogP contribution >= 0.6 is 23.8 Å². The monoisotopic (exact) mass is 286 g/mol. The predicted molar refractivity (Wildman–Crippen MR) is 76.2 cm³/mol. The summed E-state index contributed by atoms with van der Waals surface area (Å²) in [6.45, 7) is 5.22. The first-order valence-electron chi connectivity index (χ1n) is 6.06. The highest BCUT2D eigenvalue weighted by atomic mass is 35.5. The highest BCUT2D eigenvalue weighted by Crippen LogP contribution is 2.23. The van der Waals surface area contributed by atoms with Crippen molar-refractivity contribution in [1.29, 1.82) is 0 Å². The van der Waals surface area contributed by atoms with Crippen LogP contribution in [-0.4, -0.2) is 9.55 Å². The third-order valence-corrected chi connectivity index (χ3v) is 3.59. The van der Waals surface area contributed by atoms with Crippen molar-refractivity contribution in [3.05, 3.63) is 27.7 Å². The summed E-state index contributed by atoms with van der Waals surface area (Å²) >= 11 is 11.1. The SMILES string of the molecule is CC(C)CCCn1c(=S)[nH]c2cc(F)c(Cl)cc21. The fraction of sp³-hybridized carbons (Fsp3) is 0.462. The lowest BCUT2D eigenvalue weighted by Gasteiger charge is -2.07. The lowest BCUT2D eigenvalue weighted by Crippen LogP contribution is -2.00. The molecule has 18 heavy (non-hydrogen) atoms. The highest BCUT2D eigenvalue weighted by molar-refractivity contribution is 7.71. The molecule has 0 unspecified atom stereocenters. The van der Waals surface area contributed by atoms with Gasteiger partial charge in [-0.25, -0.2) is 4.39 Å². The van der Waals surface area contributed by atoms with Gasteiger partial charge in [-0.1, -0.05) is 25.4 Å². The molecular weight excluding hydrogens is 271 g/mol. The summed E-state index contributed by atoms with van der Waals surface area (Å²) in [6.07, 6.45) is 2.19. The van der Waals surface area contributed by atoms with E-state index in [2.05, 4.69) is 18.8 Å². The van der Waals surface area contributed by atoms with Crippen molar-refractivity contribution in [3.63, 3.8) is 0 Å². The van der Waals surface area contributed by atoms with Crippen LogP contribution in [-0.2, 0) is 6.54 Å². The largest absolute Gasteiger partial charge is 0.330 e. The molecule has 0 aliphatic heterocycles. The average molecular weight is 287 g/mol. The van der Waals surface area contributed by atoms with Gasteiger partial charge in [-0.3, -0.25) is 0 Å². The van der Waals surface area contributed by atoms with Crippen LogP contribution in [0.4, 0.5) is 4.39 Å². The van der Waals surface area contributed by atoms with Crippen LogP contribution in [0.2, 0.25) is 5.02 Å². The van der Waals surface area contributed by atoms with E-state index >= 15 is 0 Å². The van der Waals surface area contributed by atoms with E-state index in [1.807, 2.05) is 4.57 Å². The molecular formula is C13H16ClFN2S. The van der Waals surface area contributed by atoms with Gasteiger partial charge in [0.1, 0.15) is 5.82 Å². The molecule has 0 fully saturated rings. The van der Waals surface area contributed by atoms with E-state index in [9.17, 15) is 4.39 Å². The summed E-state index contributed by atoms with van der Waals surface area (Å²) in [6, 6.07) is 3.03. The number of aromatic nitrogens is 2. The molecule has 5 heteroatoms. The molecule has 1 heterocycles. The maximum absolute atomic E-state index is 13.4. The van der Waals surface area contributed by atoms with Gasteiger partial charge in [0, 0.05) is 12.6 Å². The topological polar surface area (TPSA) is 20.7 Å². The molecule has 0 amide bonds. The van der Waals surface area contributed by atoms with Crippen molar-refractivity contribution < 1.29 is 4.39 Å². The third-order valence-electron chi connectivity index (χ3n) is 2.98. The molecule has 0 spiro atoms. The van der Waals surface area contributed by atoms with Crippen LogP contribution in [0.15, 0.2) is 12.1 Å². The standard InChI is InChI=1S/C13H16ClFN2S/c1-8(2)4-3-5-17-12-6-9(14)10(15)7-11(12)16-13(17)18/h6-8H,3-5H2,1-2H3,(H,16,18). The molecule has 1 N–H and O–H groups in total. The molecule has 1 aromatic carbocycles. The molecule has 98 valence electrons. The minimum Gasteiger partial charge on any atom is -0.330 e. The number of hydrogen-bond acceptors (Lipinski definition) is 1. The molecule has 0 aliphatic rings. The fourth-order valence-electron chi connectivity index (χ4n) is 2.03. The molecule has 2 nitrogen and oxygen atoms in total. The van der Waals surface area contributed by atoms with Crippen molar-refractivity contribution in [3.8, 4) is 0 Å². The Morgan fingerprint density at radius 2 is 2.17 bits per heavy atom. The van der Waals surface area contributed by atoms with Crippen molar-refractivity contribution in [2.24, 2.45) is 5.92 Å². The Morgan fingerprint density at radius 1 is 1.44 bits per heavy atom. The number of H-pyrrole nitrogens is 1. The van der Waals surface area contributed by atoms with Gasteiger partial charge in [-0.05, 0) is 37.0 Å². The van der Waals surface area contributed by atoms with E-state index in [1.54, 1.807) is 6.07 Å². The van der Waals surface area contributed by atoms with Crippen molar-refractivity contribution >= 4 is 34.9 Å². The first-order chi connectivity index (χ1) is 8.49. The molecule has 0 bridgehead atoms. The number of imidazole rings is 1.